The van der Waals surface area contributed by atoms with Gasteiger partial charge in [0.05, 0.1) is 18.6 Å². The SMILES string of the molecule is COc1ccc2[nH]c(C)c(C(C)C(=O)OCC3CCCN3)c2c1C(=O)c1ccc(Cl)cc1. The maximum absolute atomic E-state index is 13.5. The minimum atomic E-state index is -0.547. The van der Waals surface area contributed by atoms with Gasteiger partial charge in [-0.2, -0.15) is 0 Å². The molecule has 2 heterocycles. The molecule has 1 saturated heterocycles. The van der Waals surface area contributed by atoms with Crippen LogP contribution in [0.15, 0.2) is 36.4 Å². The van der Waals surface area contributed by atoms with Crippen LogP contribution in [0.25, 0.3) is 10.9 Å². The minimum Gasteiger partial charge on any atom is -0.496 e. The Labute approximate surface area is 192 Å². The van der Waals surface area contributed by atoms with E-state index in [0.717, 1.165) is 36.2 Å². The van der Waals surface area contributed by atoms with Crippen molar-refractivity contribution < 1.29 is 19.1 Å². The first-order valence-electron chi connectivity index (χ1n) is 10.8. The third-order valence-corrected chi connectivity index (χ3v) is 6.34. The van der Waals surface area contributed by atoms with Gasteiger partial charge in [0.25, 0.3) is 0 Å². The number of carbonyl (C=O) groups is 2. The molecular weight excluding hydrogens is 428 g/mol. The molecule has 0 aliphatic carbocycles. The predicted molar refractivity (Wildman–Crippen MR) is 125 cm³/mol. The standard InChI is InChI=1S/C25H27ClN2O4/c1-14(25(30)32-13-18-5-4-12-27-18)21-15(2)28-19-10-11-20(31-3)23(22(19)21)24(29)16-6-8-17(26)9-7-16/h6-11,14,18,27-28H,4-5,12-13H2,1-3H3. The number of ketones is 1. The molecule has 1 fully saturated rings. The van der Waals surface area contributed by atoms with Gasteiger partial charge in [-0.1, -0.05) is 11.6 Å². The monoisotopic (exact) mass is 454 g/mol. The van der Waals surface area contributed by atoms with Gasteiger partial charge in [-0.3, -0.25) is 9.59 Å². The zero-order valence-corrected chi connectivity index (χ0v) is 19.2. The molecule has 2 unspecified atom stereocenters. The maximum Gasteiger partial charge on any atom is 0.313 e. The molecule has 0 bridgehead atoms. The summed E-state index contributed by atoms with van der Waals surface area (Å²) >= 11 is 6.00. The van der Waals surface area contributed by atoms with Crippen LogP contribution in [-0.2, 0) is 9.53 Å². The van der Waals surface area contributed by atoms with E-state index in [4.69, 9.17) is 21.1 Å². The molecule has 168 valence electrons. The van der Waals surface area contributed by atoms with Gasteiger partial charge < -0.3 is 19.8 Å². The second-order valence-corrected chi connectivity index (χ2v) is 8.65. The van der Waals surface area contributed by atoms with Gasteiger partial charge >= 0.3 is 5.97 Å². The van der Waals surface area contributed by atoms with Crippen molar-refractivity contribution >= 4 is 34.3 Å². The van der Waals surface area contributed by atoms with Crippen LogP contribution in [0.1, 0.15) is 52.9 Å². The lowest BCUT2D eigenvalue weighted by molar-refractivity contribution is -0.145. The molecule has 4 rings (SSSR count). The van der Waals surface area contributed by atoms with Gasteiger partial charge in [-0.15, -0.1) is 0 Å². The average molecular weight is 455 g/mol. The van der Waals surface area contributed by atoms with Gasteiger partial charge in [0.1, 0.15) is 12.4 Å². The minimum absolute atomic E-state index is 0.194. The Morgan fingerprint density at radius 3 is 2.59 bits per heavy atom. The quantitative estimate of drug-likeness (QED) is 0.397. The van der Waals surface area contributed by atoms with Crippen LogP contribution in [-0.4, -0.2) is 43.0 Å². The van der Waals surface area contributed by atoms with Gasteiger partial charge in [-0.25, -0.2) is 0 Å². The summed E-state index contributed by atoms with van der Waals surface area (Å²) in [5, 5.41) is 4.57. The second kappa shape index (κ2) is 9.35. The summed E-state index contributed by atoms with van der Waals surface area (Å²) in [5.41, 5.74) is 3.26. The molecule has 1 aromatic heterocycles. The number of fused-ring (bicyclic) bond motifs is 1. The Hall–Kier alpha value is -2.83. The fourth-order valence-corrected chi connectivity index (χ4v) is 4.56. The van der Waals surface area contributed by atoms with E-state index in [1.54, 1.807) is 30.3 Å². The number of aromatic nitrogens is 1. The van der Waals surface area contributed by atoms with Crippen molar-refractivity contribution in [2.75, 3.05) is 20.3 Å². The zero-order chi connectivity index (χ0) is 22.8. The topological polar surface area (TPSA) is 80.4 Å². The number of hydrogen-bond donors (Lipinski definition) is 2. The highest BCUT2D eigenvalue weighted by atomic mass is 35.5. The molecule has 2 atom stereocenters. The molecule has 0 spiro atoms. The number of H-pyrrole nitrogens is 1. The number of methoxy groups -OCH3 is 1. The Bertz CT molecular complexity index is 1150. The number of benzene rings is 2. The van der Waals surface area contributed by atoms with Crippen molar-refractivity contribution in [1.29, 1.82) is 0 Å². The highest BCUT2D eigenvalue weighted by Gasteiger charge is 2.29. The van der Waals surface area contributed by atoms with E-state index in [0.29, 0.717) is 33.9 Å². The molecule has 1 aliphatic rings. The van der Waals surface area contributed by atoms with Crippen LogP contribution >= 0.6 is 11.6 Å². The summed E-state index contributed by atoms with van der Waals surface area (Å²) < 4.78 is 11.2. The van der Waals surface area contributed by atoms with E-state index in [-0.39, 0.29) is 17.8 Å². The number of ether oxygens (including phenoxy) is 2. The molecule has 2 N–H and O–H groups in total. The highest BCUT2D eigenvalue weighted by Crippen LogP contribution is 2.38. The largest absolute Gasteiger partial charge is 0.496 e. The number of hydrogen-bond acceptors (Lipinski definition) is 5. The molecule has 32 heavy (non-hydrogen) atoms. The smallest absolute Gasteiger partial charge is 0.313 e. The van der Waals surface area contributed by atoms with Gasteiger partial charge in [0.15, 0.2) is 5.78 Å². The molecule has 3 aromatic rings. The number of rotatable bonds is 7. The summed E-state index contributed by atoms with van der Waals surface area (Å²) in [7, 11) is 1.53. The first-order chi connectivity index (χ1) is 15.4. The molecule has 2 aromatic carbocycles. The van der Waals surface area contributed by atoms with Crippen molar-refractivity contribution in [3.8, 4) is 5.75 Å². The Balaban J connectivity index is 1.75. The van der Waals surface area contributed by atoms with E-state index in [2.05, 4.69) is 10.3 Å². The van der Waals surface area contributed by atoms with Crippen molar-refractivity contribution in [3.05, 3.63) is 63.8 Å². The third kappa shape index (κ3) is 4.25. The summed E-state index contributed by atoms with van der Waals surface area (Å²) in [5.74, 6) is -0.599. The van der Waals surface area contributed by atoms with Crippen LogP contribution in [0.5, 0.6) is 5.75 Å². The van der Waals surface area contributed by atoms with Gasteiger partial charge in [-0.05, 0) is 75.2 Å². The van der Waals surface area contributed by atoms with E-state index < -0.39 is 5.92 Å². The fourth-order valence-electron chi connectivity index (χ4n) is 4.43. The van der Waals surface area contributed by atoms with E-state index in [9.17, 15) is 9.59 Å². The van der Waals surface area contributed by atoms with Gasteiger partial charge in [0.2, 0.25) is 0 Å². The molecule has 0 radical (unpaired) electrons. The predicted octanol–water partition coefficient (Wildman–Crippen LogP) is 4.77. The summed E-state index contributed by atoms with van der Waals surface area (Å²) in [4.78, 5) is 29.8. The van der Waals surface area contributed by atoms with Crippen LogP contribution in [0.3, 0.4) is 0 Å². The van der Waals surface area contributed by atoms with Crippen LogP contribution in [0.4, 0.5) is 0 Å². The molecular formula is C25H27ClN2O4. The van der Waals surface area contributed by atoms with E-state index in [1.807, 2.05) is 19.9 Å². The number of aromatic amines is 1. The first kappa shape index (κ1) is 22.4. The first-order valence-corrected chi connectivity index (χ1v) is 11.2. The second-order valence-electron chi connectivity index (χ2n) is 8.21. The zero-order valence-electron chi connectivity index (χ0n) is 18.5. The summed E-state index contributed by atoms with van der Waals surface area (Å²) in [6.45, 7) is 5.02. The molecule has 0 amide bonds. The lowest BCUT2D eigenvalue weighted by atomic mass is 9.91. The average Bonchev–Trinajstić information content (AvgIpc) is 3.43. The highest BCUT2D eigenvalue weighted by molar-refractivity contribution is 6.30. The summed E-state index contributed by atoms with van der Waals surface area (Å²) in [6, 6.07) is 10.6. The third-order valence-electron chi connectivity index (χ3n) is 6.09. The Morgan fingerprint density at radius 1 is 1.19 bits per heavy atom. The number of carbonyl (C=O) groups excluding carboxylic acids is 2. The summed E-state index contributed by atoms with van der Waals surface area (Å²) in [6.07, 6.45) is 2.10. The fraction of sp³-hybridized carbons (Fsp3) is 0.360. The van der Waals surface area contributed by atoms with Crippen molar-refractivity contribution in [2.24, 2.45) is 0 Å². The normalized spacial score (nSPS) is 16.8. The molecule has 1 aliphatic heterocycles. The van der Waals surface area contributed by atoms with E-state index in [1.165, 1.54) is 7.11 Å². The number of esters is 1. The van der Waals surface area contributed by atoms with Crippen molar-refractivity contribution in [2.45, 2.75) is 38.6 Å². The Kier molecular flexibility index (Phi) is 6.53. The maximum atomic E-state index is 13.5. The van der Waals surface area contributed by atoms with Crippen LogP contribution in [0.2, 0.25) is 5.02 Å². The molecule has 0 saturated carbocycles. The van der Waals surface area contributed by atoms with Gasteiger partial charge in [0, 0.05) is 33.2 Å². The van der Waals surface area contributed by atoms with Crippen molar-refractivity contribution in [1.82, 2.24) is 10.3 Å². The van der Waals surface area contributed by atoms with E-state index >= 15 is 0 Å². The number of halogens is 1. The van der Waals surface area contributed by atoms with Crippen LogP contribution in [0, 0.1) is 6.92 Å². The lowest BCUT2D eigenvalue weighted by Crippen LogP contribution is -2.29. The lowest BCUT2D eigenvalue weighted by Gasteiger charge is -2.17. The molecule has 7 heteroatoms. The molecule has 6 nitrogen and oxygen atoms in total. The van der Waals surface area contributed by atoms with Crippen LogP contribution < -0.4 is 10.1 Å². The van der Waals surface area contributed by atoms with Crippen molar-refractivity contribution in [3.63, 3.8) is 0 Å². The number of aryl methyl sites for hydroxylation is 1. The number of nitrogens with one attached hydrogen (secondary N) is 2. The Morgan fingerprint density at radius 2 is 1.94 bits per heavy atom.